The molecule has 1 spiro atoms. The van der Waals surface area contributed by atoms with Gasteiger partial charge in [-0.15, -0.1) is 0 Å². The van der Waals surface area contributed by atoms with Crippen LogP contribution in [0.1, 0.15) is 43.2 Å². The van der Waals surface area contributed by atoms with Gasteiger partial charge in [-0.25, -0.2) is 0 Å². The number of carbonyl (C=O) groups excluding carboxylic acids is 1. The van der Waals surface area contributed by atoms with Gasteiger partial charge in [0.1, 0.15) is 5.76 Å². The highest BCUT2D eigenvalue weighted by atomic mass is 35.5. The minimum Gasteiger partial charge on any atom is -0.509 e. The summed E-state index contributed by atoms with van der Waals surface area (Å²) < 4.78 is 1.91. The Morgan fingerprint density at radius 1 is 1.20 bits per heavy atom. The minimum absolute atomic E-state index is 0.176. The van der Waals surface area contributed by atoms with E-state index in [1.54, 1.807) is 0 Å². The van der Waals surface area contributed by atoms with Crippen LogP contribution >= 0.6 is 11.6 Å². The average Bonchev–Trinajstić information content (AvgIpc) is 3.12. The molecule has 0 bridgehead atoms. The maximum absolute atomic E-state index is 12.7. The van der Waals surface area contributed by atoms with E-state index < -0.39 is 5.54 Å². The first kappa shape index (κ1) is 16.3. The first-order valence-electron chi connectivity index (χ1n) is 8.71. The summed E-state index contributed by atoms with van der Waals surface area (Å²) >= 11 is 6.02. The third kappa shape index (κ3) is 2.65. The van der Waals surface area contributed by atoms with Gasteiger partial charge < -0.3 is 15.0 Å². The van der Waals surface area contributed by atoms with Crippen LogP contribution in [0, 0.1) is 6.92 Å². The van der Waals surface area contributed by atoms with E-state index >= 15 is 0 Å². The molecule has 1 aliphatic carbocycles. The van der Waals surface area contributed by atoms with E-state index in [0.29, 0.717) is 10.6 Å². The van der Waals surface area contributed by atoms with E-state index in [1.807, 2.05) is 48.1 Å². The largest absolute Gasteiger partial charge is 0.509 e. The molecule has 4 nitrogen and oxygen atoms in total. The number of carbonyl (C=O) groups is 1. The van der Waals surface area contributed by atoms with Crippen molar-refractivity contribution in [2.75, 3.05) is 0 Å². The van der Waals surface area contributed by atoms with Crippen LogP contribution in [0.15, 0.2) is 42.4 Å². The zero-order valence-corrected chi connectivity index (χ0v) is 14.9. The Hall–Kier alpha value is -2.20. The Kier molecular flexibility index (Phi) is 3.88. The Bertz CT molecular complexity index is 876. The number of aromatic nitrogens is 1. The summed E-state index contributed by atoms with van der Waals surface area (Å²) in [6, 6.07) is 7.71. The van der Waals surface area contributed by atoms with Gasteiger partial charge in [-0.05, 0) is 49.1 Å². The van der Waals surface area contributed by atoms with E-state index in [1.165, 1.54) is 0 Å². The molecule has 2 aliphatic rings. The monoisotopic (exact) mass is 356 g/mol. The SMILES string of the molecule is Cc1ccc(-n2ccc(Cl)c2)cc1C1=C(O)C2(CCCCC2)NC1=O. The number of amides is 1. The molecular formula is C20H21ClN2O2. The molecule has 5 heteroatoms. The number of halogens is 1. The van der Waals surface area contributed by atoms with Crippen LogP contribution in [0.4, 0.5) is 0 Å². The molecule has 4 rings (SSSR count). The maximum atomic E-state index is 12.7. The summed E-state index contributed by atoms with van der Waals surface area (Å²) in [6.45, 7) is 1.96. The van der Waals surface area contributed by atoms with Gasteiger partial charge in [-0.1, -0.05) is 36.9 Å². The fourth-order valence-electron chi connectivity index (χ4n) is 4.02. The highest BCUT2D eigenvalue weighted by Crippen LogP contribution is 2.42. The lowest BCUT2D eigenvalue weighted by molar-refractivity contribution is -0.116. The predicted molar refractivity (Wildman–Crippen MR) is 99.0 cm³/mol. The Morgan fingerprint density at radius 2 is 1.96 bits per heavy atom. The average molecular weight is 357 g/mol. The van der Waals surface area contributed by atoms with E-state index in [-0.39, 0.29) is 11.7 Å². The summed E-state index contributed by atoms with van der Waals surface area (Å²) in [6.07, 6.45) is 8.52. The first-order chi connectivity index (χ1) is 12.0. The number of aliphatic hydroxyl groups is 1. The Morgan fingerprint density at radius 3 is 2.64 bits per heavy atom. The van der Waals surface area contributed by atoms with Gasteiger partial charge in [0, 0.05) is 18.1 Å². The van der Waals surface area contributed by atoms with Crippen molar-refractivity contribution in [1.82, 2.24) is 9.88 Å². The molecule has 1 saturated carbocycles. The molecule has 0 unspecified atom stereocenters. The van der Waals surface area contributed by atoms with Crippen LogP contribution < -0.4 is 5.32 Å². The van der Waals surface area contributed by atoms with Crippen molar-refractivity contribution in [3.8, 4) is 5.69 Å². The van der Waals surface area contributed by atoms with Crippen molar-refractivity contribution >= 4 is 23.1 Å². The van der Waals surface area contributed by atoms with Crippen LogP contribution in [0.5, 0.6) is 0 Å². The van der Waals surface area contributed by atoms with E-state index in [4.69, 9.17) is 11.6 Å². The van der Waals surface area contributed by atoms with Crippen LogP contribution in [-0.4, -0.2) is 21.1 Å². The van der Waals surface area contributed by atoms with Crippen LogP contribution in [0.25, 0.3) is 11.3 Å². The van der Waals surface area contributed by atoms with Crippen LogP contribution in [0.3, 0.4) is 0 Å². The highest BCUT2D eigenvalue weighted by molar-refractivity contribution is 6.30. The molecule has 130 valence electrons. The summed E-state index contributed by atoms with van der Waals surface area (Å²) in [5.41, 5.74) is 2.50. The quantitative estimate of drug-likeness (QED) is 0.829. The molecule has 2 N–H and O–H groups in total. The van der Waals surface area contributed by atoms with Crippen molar-refractivity contribution < 1.29 is 9.90 Å². The molecule has 1 fully saturated rings. The van der Waals surface area contributed by atoms with Crippen LogP contribution in [0.2, 0.25) is 5.02 Å². The van der Waals surface area contributed by atoms with Gasteiger partial charge >= 0.3 is 0 Å². The van der Waals surface area contributed by atoms with Crippen molar-refractivity contribution in [2.45, 2.75) is 44.6 Å². The minimum atomic E-state index is -0.566. The summed E-state index contributed by atoms with van der Waals surface area (Å²) in [5.74, 6) is 0.0353. The molecule has 0 radical (unpaired) electrons. The van der Waals surface area contributed by atoms with Crippen molar-refractivity contribution in [3.05, 3.63) is 58.6 Å². The van der Waals surface area contributed by atoms with Gasteiger partial charge in [0.05, 0.1) is 16.1 Å². The van der Waals surface area contributed by atoms with Crippen molar-refractivity contribution in [3.63, 3.8) is 0 Å². The number of aliphatic hydroxyl groups excluding tert-OH is 1. The predicted octanol–water partition coefficient (Wildman–Crippen LogP) is 4.54. The molecular weight excluding hydrogens is 336 g/mol. The smallest absolute Gasteiger partial charge is 0.256 e. The maximum Gasteiger partial charge on any atom is 0.256 e. The number of benzene rings is 1. The van der Waals surface area contributed by atoms with Gasteiger partial charge in [0.25, 0.3) is 5.91 Å². The zero-order chi connectivity index (χ0) is 17.6. The molecule has 1 amide bonds. The van der Waals surface area contributed by atoms with E-state index in [2.05, 4.69) is 5.32 Å². The van der Waals surface area contributed by atoms with Gasteiger partial charge in [0.15, 0.2) is 0 Å². The molecule has 0 saturated heterocycles. The van der Waals surface area contributed by atoms with Gasteiger partial charge in [-0.2, -0.15) is 0 Å². The van der Waals surface area contributed by atoms with Gasteiger partial charge in [-0.3, -0.25) is 4.79 Å². The molecule has 1 aromatic carbocycles. The number of nitrogens with one attached hydrogen (secondary N) is 1. The molecule has 0 atom stereocenters. The van der Waals surface area contributed by atoms with E-state index in [0.717, 1.165) is 48.9 Å². The van der Waals surface area contributed by atoms with Crippen LogP contribution in [-0.2, 0) is 4.79 Å². The number of rotatable bonds is 2. The van der Waals surface area contributed by atoms with E-state index in [9.17, 15) is 9.90 Å². The second-order valence-corrected chi connectivity index (χ2v) is 7.49. The molecule has 2 heterocycles. The zero-order valence-electron chi connectivity index (χ0n) is 14.2. The van der Waals surface area contributed by atoms with Gasteiger partial charge in [0.2, 0.25) is 0 Å². The van der Waals surface area contributed by atoms with Crippen molar-refractivity contribution in [1.29, 1.82) is 0 Å². The Balaban J connectivity index is 1.82. The van der Waals surface area contributed by atoms with Crippen molar-refractivity contribution in [2.24, 2.45) is 0 Å². The molecule has 1 aliphatic heterocycles. The number of hydrogen-bond acceptors (Lipinski definition) is 2. The second-order valence-electron chi connectivity index (χ2n) is 7.06. The lowest BCUT2D eigenvalue weighted by Crippen LogP contribution is -2.46. The topological polar surface area (TPSA) is 54.3 Å². The first-order valence-corrected chi connectivity index (χ1v) is 9.09. The highest BCUT2D eigenvalue weighted by Gasteiger charge is 2.46. The lowest BCUT2D eigenvalue weighted by Gasteiger charge is -2.33. The summed E-state index contributed by atoms with van der Waals surface area (Å²) in [4.78, 5) is 12.7. The summed E-state index contributed by atoms with van der Waals surface area (Å²) in [7, 11) is 0. The Labute approximate surface area is 152 Å². The second kappa shape index (κ2) is 5.95. The number of aryl methyl sites for hydroxylation is 1. The normalized spacial score (nSPS) is 19.5. The fourth-order valence-corrected chi connectivity index (χ4v) is 4.19. The third-order valence-electron chi connectivity index (χ3n) is 5.42. The summed E-state index contributed by atoms with van der Waals surface area (Å²) in [5, 5.41) is 14.7. The number of nitrogens with zero attached hydrogens (tertiary/aromatic N) is 1. The third-order valence-corrected chi connectivity index (χ3v) is 5.65. The molecule has 2 aromatic rings. The lowest BCUT2D eigenvalue weighted by atomic mass is 9.80. The fraction of sp³-hybridized carbons (Fsp3) is 0.350. The molecule has 25 heavy (non-hydrogen) atoms. The standard InChI is InChI=1S/C20H21ClN2O2/c1-13-5-6-15(23-10-7-14(21)12-23)11-16(13)17-18(24)20(22-19(17)25)8-3-2-4-9-20/h5-7,10-12,24H,2-4,8-9H2,1H3,(H,22,25). The molecule has 1 aromatic heterocycles. The number of hydrogen-bond donors (Lipinski definition) is 2.